The molecule has 11 heavy (non-hydrogen) atoms. The zero-order valence-electron chi connectivity index (χ0n) is 7.72. The third kappa shape index (κ3) is 5.80. The van der Waals surface area contributed by atoms with Gasteiger partial charge in [0, 0.05) is 12.8 Å². The minimum atomic E-state index is 0.872. The van der Waals surface area contributed by atoms with Crippen molar-refractivity contribution in [3.8, 4) is 0 Å². The standard InChI is InChI=1S/C9H18N2/c1-4-9(6-7-10-3)8-11-5-2/h4,8,10H,5-7H2,1-3H3/b9-4-,11-8?. The van der Waals surface area contributed by atoms with Crippen molar-refractivity contribution in [2.45, 2.75) is 20.3 Å². The summed E-state index contributed by atoms with van der Waals surface area (Å²) in [5.41, 5.74) is 1.31. The molecule has 0 aromatic carbocycles. The van der Waals surface area contributed by atoms with E-state index in [0.717, 1.165) is 19.5 Å². The Morgan fingerprint density at radius 2 is 2.27 bits per heavy atom. The molecule has 0 bridgehead atoms. The number of hydrogen-bond donors (Lipinski definition) is 1. The molecule has 2 heteroatoms. The van der Waals surface area contributed by atoms with Gasteiger partial charge in [-0.15, -0.1) is 0 Å². The Kier molecular flexibility index (Phi) is 7.05. The van der Waals surface area contributed by atoms with Crippen LogP contribution >= 0.6 is 0 Å². The molecule has 0 amide bonds. The summed E-state index contributed by atoms with van der Waals surface area (Å²) in [6, 6.07) is 0. The molecule has 0 radical (unpaired) electrons. The Morgan fingerprint density at radius 1 is 1.55 bits per heavy atom. The molecule has 0 saturated carbocycles. The molecule has 0 aromatic heterocycles. The fourth-order valence-electron chi connectivity index (χ4n) is 0.761. The van der Waals surface area contributed by atoms with E-state index in [4.69, 9.17) is 0 Å². The number of nitrogens with one attached hydrogen (secondary N) is 1. The second-order valence-electron chi connectivity index (χ2n) is 2.35. The molecule has 64 valence electrons. The van der Waals surface area contributed by atoms with Crippen molar-refractivity contribution < 1.29 is 0 Å². The number of hydrogen-bond acceptors (Lipinski definition) is 2. The van der Waals surface area contributed by atoms with Gasteiger partial charge in [0.2, 0.25) is 0 Å². The summed E-state index contributed by atoms with van der Waals surface area (Å²) in [6.45, 7) is 5.99. The van der Waals surface area contributed by atoms with Gasteiger partial charge in [-0.05, 0) is 39.4 Å². The van der Waals surface area contributed by atoms with Crippen molar-refractivity contribution in [2.24, 2.45) is 4.99 Å². The maximum Gasteiger partial charge on any atom is 0.0361 e. The number of nitrogens with zero attached hydrogens (tertiary/aromatic N) is 1. The van der Waals surface area contributed by atoms with Gasteiger partial charge in [0.05, 0.1) is 0 Å². The lowest BCUT2D eigenvalue weighted by Gasteiger charge is -1.98. The summed E-state index contributed by atoms with van der Waals surface area (Å²) < 4.78 is 0. The fourth-order valence-corrected chi connectivity index (χ4v) is 0.761. The largest absolute Gasteiger partial charge is 0.319 e. The zero-order chi connectivity index (χ0) is 8.53. The SMILES string of the molecule is C/C=C(\C=NCC)CCNC. The highest BCUT2D eigenvalue weighted by Crippen LogP contribution is 1.95. The highest BCUT2D eigenvalue weighted by Gasteiger charge is 1.88. The summed E-state index contributed by atoms with van der Waals surface area (Å²) in [5.74, 6) is 0. The van der Waals surface area contributed by atoms with Crippen molar-refractivity contribution in [1.29, 1.82) is 0 Å². The lowest BCUT2D eigenvalue weighted by molar-refractivity contribution is 0.798. The lowest BCUT2D eigenvalue weighted by atomic mass is 10.2. The first-order valence-electron chi connectivity index (χ1n) is 4.14. The number of allylic oxidation sites excluding steroid dienone is 1. The summed E-state index contributed by atoms with van der Waals surface area (Å²) in [4.78, 5) is 4.17. The minimum absolute atomic E-state index is 0.872. The van der Waals surface area contributed by atoms with E-state index in [9.17, 15) is 0 Å². The third-order valence-electron chi connectivity index (χ3n) is 1.47. The van der Waals surface area contributed by atoms with Crippen LogP contribution in [0.3, 0.4) is 0 Å². The van der Waals surface area contributed by atoms with Gasteiger partial charge in [-0.2, -0.15) is 0 Å². The Hall–Kier alpha value is -0.630. The zero-order valence-corrected chi connectivity index (χ0v) is 7.72. The molecular formula is C9H18N2. The normalized spacial score (nSPS) is 12.8. The Balaban J connectivity index is 3.68. The van der Waals surface area contributed by atoms with E-state index in [1.807, 2.05) is 27.1 Å². The molecule has 0 unspecified atom stereocenters. The molecule has 0 aliphatic carbocycles. The van der Waals surface area contributed by atoms with E-state index in [1.54, 1.807) is 0 Å². The van der Waals surface area contributed by atoms with Crippen LogP contribution in [-0.2, 0) is 0 Å². The molecule has 0 saturated heterocycles. The van der Waals surface area contributed by atoms with Gasteiger partial charge in [0.1, 0.15) is 0 Å². The van der Waals surface area contributed by atoms with Gasteiger partial charge >= 0.3 is 0 Å². The molecule has 0 atom stereocenters. The maximum atomic E-state index is 4.17. The van der Waals surface area contributed by atoms with Crippen molar-refractivity contribution in [3.63, 3.8) is 0 Å². The highest BCUT2D eigenvalue weighted by atomic mass is 14.8. The first-order chi connectivity index (χ1) is 5.35. The second kappa shape index (κ2) is 7.48. The van der Waals surface area contributed by atoms with Crippen LogP contribution in [-0.4, -0.2) is 26.4 Å². The number of aliphatic imine (C=N–C) groups is 1. The summed E-state index contributed by atoms with van der Waals surface area (Å²) in [5, 5.41) is 3.11. The van der Waals surface area contributed by atoms with Crippen LogP contribution < -0.4 is 5.32 Å². The molecule has 0 aliphatic rings. The average molecular weight is 154 g/mol. The predicted octanol–water partition coefficient (Wildman–Crippen LogP) is 1.63. The quantitative estimate of drug-likeness (QED) is 0.598. The summed E-state index contributed by atoms with van der Waals surface area (Å²) in [7, 11) is 1.96. The maximum absolute atomic E-state index is 4.17. The van der Waals surface area contributed by atoms with Crippen LogP contribution in [0.15, 0.2) is 16.6 Å². The van der Waals surface area contributed by atoms with Gasteiger partial charge in [0.25, 0.3) is 0 Å². The van der Waals surface area contributed by atoms with Crippen molar-refractivity contribution in [1.82, 2.24) is 5.32 Å². The van der Waals surface area contributed by atoms with E-state index in [-0.39, 0.29) is 0 Å². The Morgan fingerprint density at radius 3 is 2.73 bits per heavy atom. The van der Waals surface area contributed by atoms with Crippen molar-refractivity contribution in [2.75, 3.05) is 20.1 Å². The first-order valence-corrected chi connectivity index (χ1v) is 4.14. The van der Waals surface area contributed by atoms with Crippen LogP contribution in [0.2, 0.25) is 0 Å². The van der Waals surface area contributed by atoms with Crippen LogP contribution in [0.5, 0.6) is 0 Å². The van der Waals surface area contributed by atoms with Crippen molar-refractivity contribution >= 4 is 6.21 Å². The molecule has 2 nitrogen and oxygen atoms in total. The molecule has 0 heterocycles. The average Bonchev–Trinajstić information content (AvgIpc) is 2.05. The number of rotatable bonds is 5. The summed E-state index contributed by atoms with van der Waals surface area (Å²) in [6.07, 6.45) is 5.13. The monoisotopic (exact) mass is 154 g/mol. The smallest absolute Gasteiger partial charge is 0.0361 e. The Labute approximate surface area is 69.4 Å². The van der Waals surface area contributed by atoms with Gasteiger partial charge in [-0.25, -0.2) is 0 Å². The van der Waals surface area contributed by atoms with E-state index < -0.39 is 0 Å². The molecule has 0 fully saturated rings. The molecule has 0 aliphatic heterocycles. The molecule has 0 rings (SSSR count). The van der Waals surface area contributed by atoms with Gasteiger partial charge in [-0.1, -0.05) is 6.08 Å². The fraction of sp³-hybridized carbons (Fsp3) is 0.667. The first kappa shape index (κ1) is 10.4. The second-order valence-corrected chi connectivity index (χ2v) is 2.35. The molecule has 0 aromatic rings. The topological polar surface area (TPSA) is 24.4 Å². The van der Waals surface area contributed by atoms with Crippen LogP contribution in [0.25, 0.3) is 0 Å². The predicted molar refractivity (Wildman–Crippen MR) is 51.3 cm³/mol. The van der Waals surface area contributed by atoms with Gasteiger partial charge < -0.3 is 5.32 Å². The molecule has 1 N–H and O–H groups in total. The highest BCUT2D eigenvalue weighted by molar-refractivity contribution is 5.78. The molecule has 0 spiro atoms. The Bertz CT molecular complexity index is 136. The van der Waals surface area contributed by atoms with Crippen LogP contribution in [0, 0.1) is 0 Å². The van der Waals surface area contributed by atoms with Crippen LogP contribution in [0.1, 0.15) is 20.3 Å². The minimum Gasteiger partial charge on any atom is -0.319 e. The van der Waals surface area contributed by atoms with E-state index in [2.05, 4.69) is 16.4 Å². The van der Waals surface area contributed by atoms with Crippen LogP contribution in [0.4, 0.5) is 0 Å². The van der Waals surface area contributed by atoms with Gasteiger partial charge in [0.15, 0.2) is 0 Å². The van der Waals surface area contributed by atoms with Gasteiger partial charge in [-0.3, -0.25) is 4.99 Å². The van der Waals surface area contributed by atoms with E-state index in [0.29, 0.717) is 0 Å². The van der Waals surface area contributed by atoms with E-state index >= 15 is 0 Å². The molecular weight excluding hydrogens is 136 g/mol. The summed E-state index contributed by atoms with van der Waals surface area (Å²) >= 11 is 0. The van der Waals surface area contributed by atoms with E-state index in [1.165, 1.54) is 5.57 Å². The third-order valence-corrected chi connectivity index (χ3v) is 1.47. The van der Waals surface area contributed by atoms with Crippen molar-refractivity contribution in [3.05, 3.63) is 11.6 Å². The lowest BCUT2D eigenvalue weighted by Crippen LogP contribution is -2.08.